The lowest BCUT2D eigenvalue weighted by Gasteiger charge is -2.37. The Bertz CT molecular complexity index is 338. The maximum atomic E-state index is 12.1. The Labute approximate surface area is 127 Å². The SMILES string of the molecule is CCCCCC(C)NC(=O)NC1(CC(=O)O)CCCCC1. The molecule has 0 aromatic carbocycles. The lowest BCUT2D eigenvalue weighted by molar-refractivity contribution is -0.139. The van der Waals surface area contributed by atoms with E-state index in [1.165, 1.54) is 12.8 Å². The van der Waals surface area contributed by atoms with Gasteiger partial charge in [-0.2, -0.15) is 0 Å². The number of carboxylic acids is 1. The highest BCUT2D eigenvalue weighted by atomic mass is 16.4. The predicted octanol–water partition coefficient (Wildman–Crippen LogP) is 3.43. The van der Waals surface area contributed by atoms with E-state index in [0.717, 1.165) is 44.9 Å². The monoisotopic (exact) mass is 298 g/mol. The summed E-state index contributed by atoms with van der Waals surface area (Å²) in [5, 5.41) is 15.0. The number of carbonyl (C=O) groups excluding carboxylic acids is 1. The Hall–Kier alpha value is -1.26. The van der Waals surface area contributed by atoms with Crippen molar-refractivity contribution in [3.05, 3.63) is 0 Å². The lowest BCUT2D eigenvalue weighted by Crippen LogP contribution is -2.55. The zero-order chi connectivity index (χ0) is 15.7. The second kappa shape index (κ2) is 8.90. The third-order valence-corrected chi connectivity index (χ3v) is 4.30. The van der Waals surface area contributed by atoms with Gasteiger partial charge >= 0.3 is 12.0 Å². The van der Waals surface area contributed by atoms with Gasteiger partial charge in [-0.25, -0.2) is 4.79 Å². The van der Waals surface area contributed by atoms with Gasteiger partial charge in [0.1, 0.15) is 0 Å². The molecule has 0 spiro atoms. The summed E-state index contributed by atoms with van der Waals surface area (Å²) in [6.07, 6.45) is 9.05. The topological polar surface area (TPSA) is 78.4 Å². The number of hydrogen-bond donors (Lipinski definition) is 3. The quantitative estimate of drug-likeness (QED) is 0.601. The minimum absolute atomic E-state index is 0.0185. The molecule has 0 aromatic rings. The number of carbonyl (C=O) groups is 2. The minimum atomic E-state index is -0.840. The largest absolute Gasteiger partial charge is 0.481 e. The number of urea groups is 1. The molecule has 21 heavy (non-hydrogen) atoms. The Morgan fingerprint density at radius 1 is 1.19 bits per heavy atom. The first kappa shape index (κ1) is 17.8. The lowest BCUT2D eigenvalue weighted by atomic mass is 9.79. The summed E-state index contributed by atoms with van der Waals surface area (Å²) in [6, 6.07) is -0.0934. The Morgan fingerprint density at radius 2 is 1.86 bits per heavy atom. The van der Waals surface area contributed by atoms with E-state index >= 15 is 0 Å². The third kappa shape index (κ3) is 6.82. The molecule has 122 valence electrons. The minimum Gasteiger partial charge on any atom is -0.481 e. The van der Waals surface area contributed by atoms with Crippen LogP contribution in [0.3, 0.4) is 0 Å². The number of unbranched alkanes of at least 4 members (excludes halogenated alkanes) is 2. The van der Waals surface area contributed by atoms with Crippen molar-refractivity contribution in [3.8, 4) is 0 Å². The summed E-state index contributed by atoms with van der Waals surface area (Å²) in [7, 11) is 0. The van der Waals surface area contributed by atoms with Gasteiger partial charge in [-0.05, 0) is 26.2 Å². The first-order valence-corrected chi connectivity index (χ1v) is 8.28. The standard InChI is InChI=1S/C16H30N2O3/c1-3-4-6-9-13(2)17-15(21)18-16(12-14(19)20)10-7-5-8-11-16/h13H,3-12H2,1-2H3,(H,19,20)(H2,17,18,21). The summed E-state index contributed by atoms with van der Waals surface area (Å²) in [5.41, 5.74) is -0.558. The molecule has 0 aromatic heterocycles. The van der Waals surface area contributed by atoms with Crippen LogP contribution in [0.15, 0.2) is 0 Å². The highest BCUT2D eigenvalue weighted by molar-refractivity contribution is 5.77. The first-order chi connectivity index (χ1) is 9.97. The number of hydrogen-bond acceptors (Lipinski definition) is 2. The van der Waals surface area contributed by atoms with Crippen LogP contribution in [-0.2, 0) is 4.79 Å². The summed E-state index contributed by atoms with van der Waals surface area (Å²) in [5.74, 6) is -0.840. The summed E-state index contributed by atoms with van der Waals surface area (Å²) >= 11 is 0. The van der Waals surface area contributed by atoms with Gasteiger partial charge < -0.3 is 15.7 Å². The molecule has 1 rings (SSSR count). The van der Waals surface area contributed by atoms with E-state index in [1.54, 1.807) is 0 Å². The van der Waals surface area contributed by atoms with E-state index in [-0.39, 0.29) is 18.5 Å². The van der Waals surface area contributed by atoms with Crippen LogP contribution in [0.25, 0.3) is 0 Å². The van der Waals surface area contributed by atoms with Gasteiger partial charge in [0.05, 0.1) is 12.0 Å². The number of aliphatic carboxylic acids is 1. The average Bonchev–Trinajstić information content (AvgIpc) is 2.38. The molecule has 3 N–H and O–H groups in total. The summed E-state index contributed by atoms with van der Waals surface area (Å²) in [6.45, 7) is 4.16. The molecular formula is C16H30N2O3. The van der Waals surface area contributed by atoms with Gasteiger partial charge in [0.2, 0.25) is 0 Å². The van der Waals surface area contributed by atoms with Crippen LogP contribution >= 0.6 is 0 Å². The van der Waals surface area contributed by atoms with Gasteiger partial charge in [-0.3, -0.25) is 4.79 Å². The third-order valence-electron chi connectivity index (χ3n) is 4.30. The molecule has 0 radical (unpaired) electrons. The van der Waals surface area contributed by atoms with Crippen LogP contribution in [0.1, 0.15) is 78.1 Å². The summed E-state index contributed by atoms with van der Waals surface area (Å²) in [4.78, 5) is 23.2. The zero-order valence-corrected chi connectivity index (χ0v) is 13.4. The maximum absolute atomic E-state index is 12.1. The Kier molecular flexibility index (Phi) is 7.54. The molecule has 0 saturated heterocycles. The fourth-order valence-electron chi connectivity index (χ4n) is 3.14. The maximum Gasteiger partial charge on any atom is 0.315 e. The molecule has 0 heterocycles. The molecule has 1 aliphatic carbocycles. The van der Waals surface area contributed by atoms with Crippen molar-refractivity contribution < 1.29 is 14.7 Å². The van der Waals surface area contributed by atoms with Crippen LogP contribution in [-0.4, -0.2) is 28.7 Å². The van der Waals surface area contributed by atoms with Gasteiger partial charge in [0.15, 0.2) is 0 Å². The van der Waals surface area contributed by atoms with E-state index in [9.17, 15) is 9.59 Å². The second-order valence-electron chi connectivity index (χ2n) is 6.41. The van der Waals surface area contributed by atoms with Gasteiger partial charge in [-0.15, -0.1) is 0 Å². The van der Waals surface area contributed by atoms with Crippen LogP contribution in [0.5, 0.6) is 0 Å². The molecule has 0 bridgehead atoms. The first-order valence-electron chi connectivity index (χ1n) is 8.28. The molecule has 5 heteroatoms. The van der Waals surface area contributed by atoms with Gasteiger partial charge in [0, 0.05) is 6.04 Å². The number of rotatable bonds is 8. The average molecular weight is 298 g/mol. The van der Waals surface area contributed by atoms with E-state index in [1.807, 2.05) is 6.92 Å². The fraction of sp³-hybridized carbons (Fsp3) is 0.875. The fourth-order valence-corrected chi connectivity index (χ4v) is 3.14. The van der Waals surface area contributed by atoms with Crippen LogP contribution in [0.2, 0.25) is 0 Å². The Morgan fingerprint density at radius 3 is 2.43 bits per heavy atom. The molecular weight excluding hydrogens is 268 g/mol. The van der Waals surface area contributed by atoms with E-state index in [0.29, 0.717) is 0 Å². The molecule has 1 aliphatic rings. The van der Waals surface area contributed by atoms with Crippen molar-refractivity contribution in [2.24, 2.45) is 0 Å². The summed E-state index contributed by atoms with van der Waals surface area (Å²) < 4.78 is 0. The van der Waals surface area contributed by atoms with Gasteiger partial charge in [0.25, 0.3) is 0 Å². The number of carboxylic acid groups (broad SMARTS) is 1. The normalized spacial score (nSPS) is 18.8. The highest BCUT2D eigenvalue weighted by Crippen LogP contribution is 2.31. The molecule has 1 unspecified atom stereocenters. The van der Waals surface area contributed by atoms with E-state index in [4.69, 9.17) is 5.11 Å². The zero-order valence-electron chi connectivity index (χ0n) is 13.4. The smallest absolute Gasteiger partial charge is 0.315 e. The van der Waals surface area contributed by atoms with Crippen molar-refractivity contribution in [1.29, 1.82) is 0 Å². The van der Waals surface area contributed by atoms with Gasteiger partial charge in [-0.1, -0.05) is 45.4 Å². The van der Waals surface area contributed by atoms with E-state index in [2.05, 4.69) is 17.6 Å². The Balaban J connectivity index is 2.46. The van der Waals surface area contributed by atoms with Crippen molar-refractivity contribution in [2.45, 2.75) is 89.6 Å². The van der Waals surface area contributed by atoms with Crippen LogP contribution in [0, 0.1) is 0 Å². The molecule has 1 saturated carbocycles. The molecule has 2 amide bonds. The van der Waals surface area contributed by atoms with Crippen molar-refractivity contribution in [1.82, 2.24) is 10.6 Å². The van der Waals surface area contributed by atoms with E-state index < -0.39 is 11.5 Å². The van der Waals surface area contributed by atoms with Crippen LogP contribution < -0.4 is 10.6 Å². The molecule has 5 nitrogen and oxygen atoms in total. The molecule has 0 aliphatic heterocycles. The van der Waals surface area contributed by atoms with Crippen molar-refractivity contribution in [3.63, 3.8) is 0 Å². The highest BCUT2D eigenvalue weighted by Gasteiger charge is 2.35. The van der Waals surface area contributed by atoms with Crippen molar-refractivity contribution in [2.75, 3.05) is 0 Å². The second-order valence-corrected chi connectivity index (χ2v) is 6.41. The van der Waals surface area contributed by atoms with Crippen LogP contribution in [0.4, 0.5) is 4.79 Å². The van der Waals surface area contributed by atoms with Crippen molar-refractivity contribution >= 4 is 12.0 Å². The molecule has 1 fully saturated rings. The predicted molar refractivity (Wildman–Crippen MR) is 83.3 cm³/mol. The molecule has 1 atom stereocenters. The number of nitrogens with one attached hydrogen (secondary N) is 2. The number of amides is 2.